The largest absolute Gasteiger partial charge is 0.493 e. The lowest BCUT2D eigenvalue weighted by molar-refractivity contribution is 0.0963. The van der Waals surface area contributed by atoms with E-state index in [1.807, 2.05) is 51.1 Å². The van der Waals surface area contributed by atoms with Crippen molar-refractivity contribution in [2.45, 2.75) is 27.2 Å². The third-order valence-electron chi connectivity index (χ3n) is 4.19. The van der Waals surface area contributed by atoms with Gasteiger partial charge in [-0.2, -0.15) is 0 Å². The van der Waals surface area contributed by atoms with Crippen LogP contribution in [0.4, 0.5) is 0 Å². The Morgan fingerprint density at radius 2 is 1.72 bits per heavy atom. The quantitative estimate of drug-likeness (QED) is 0.539. The van der Waals surface area contributed by atoms with Gasteiger partial charge in [0.05, 0.1) is 20.8 Å². The van der Waals surface area contributed by atoms with Gasteiger partial charge in [-0.3, -0.25) is 10.1 Å². The van der Waals surface area contributed by atoms with Gasteiger partial charge >= 0.3 is 0 Å². The van der Waals surface area contributed by atoms with E-state index >= 15 is 0 Å². The second-order valence-electron chi connectivity index (χ2n) is 7.15. The number of aryl methyl sites for hydroxylation is 1. The van der Waals surface area contributed by atoms with Crippen molar-refractivity contribution in [3.05, 3.63) is 59.2 Å². The van der Waals surface area contributed by atoms with Crippen molar-refractivity contribution in [3.63, 3.8) is 0 Å². The fourth-order valence-corrected chi connectivity index (χ4v) is 2.56. The molecule has 0 unspecified atom stereocenters. The first-order valence-corrected chi connectivity index (χ1v) is 9.69. The van der Waals surface area contributed by atoms with Gasteiger partial charge in [0.25, 0.3) is 11.9 Å². The summed E-state index contributed by atoms with van der Waals surface area (Å²) in [7, 11) is 3.22. The molecule has 0 spiro atoms. The van der Waals surface area contributed by atoms with Crippen molar-refractivity contribution < 1.29 is 19.0 Å². The summed E-state index contributed by atoms with van der Waals surface area (Å²) in [5.74, 6) is 1.45. The van der Waals surface area contributed by atoms with Crippen molar-refractivity contribution in [3.8, 4) is 11.5 Å². The van der Waals surface area contributed by atoms with Crippen LogP contribution in [0.2, 0.25) is 0 Å². The molecule has 29 heavy (non-hydrogen) atoms. The minimum Gasteiger partial charge on any atom is -0.493 e. The van der Waals surface area contributed by atoms with Crippen molar-refractivity contribution in [2.75, 3.05) is 27.4 Å². The fourth-order valence-electron chi connectivity index (χ4n) is 2.56. The molecule has 0 fully saturated rings. The molecule has 0 radical (unpaired) electrons. The molecule has 0 saturated heterocycles. The number of rotatable bonds is 8. The van der Waals surface area contributed by atoms with Crippen LogP contribution in [0.5, 0.6) is 11.5 Å². The Kier molecular flexibility index (Phi) is 8.52. The summed E-state index contributed by atoms with van der Waals surface area (Å²) >= 11 is 0. The van der Waals surface area contributed by atoms with E-state index in [4.69, 9.17) is 14.2 Å². The molecule has 0 aliphatic heterocycles. The standard InChI is InChI=1S/C23H30N2O4/c1-16(2)15-29-23(25-22(26)19-9-6-17(3)7-10-19)24-13-12-18-8-11-20(27-4)21(14-18)28-5/h6-11,14,16H,12-13,15H2,1-5H3,(H,24,25,26). The van der Waals surface area contributed by atoms with E-state index in [-0.39, 0.29) is 11.9 Å². The van der Waals surface area contributed by atoms with Crippen LogP contribution in [0.3, 0.4) is 0 Å². The van der Waals surface area contributed by atoms with Gasteiger partial charge in [0.15, 0.2) is 11.5 Å². The summed E-state index contributed by atoms with van der Waals surface area (Å²) in [6.07, 6.45) is 0.676. The van der Waals surface area contributed by atoms with Crippen LogP contribution in [-0.4, -0.2) is 39.3 Å². The predicted octanol–water partition coefficient (Wildman–Crippen LogP) is 4.01. The molecule has 0 aromatic heterocycles. The van der Waals surface area contributed by atoms with Crippen LogP contribution in [-0.2, 0) is 11.2 Å². The Balaban J connectivity index is 2.05. The van der Waals surface area contributed by atoms with Crippen molar-refractivity contribution in [2.24, 2.45) is 10.9 Å². The van der Waals surface area contributed by atoms with E-state index < -0.39 is 0 Å². The highest BCUT2D eigenvalue weighted by molar-refractivity contribution is 6.04. The average Bonchev–Trinajstić information content (AvgIpc) is 2.72. The summed E-state index contributed by atoms with van der Waals surface area (Å²) < 4.78 is 16.3. The molecule has 156 valence electrons. The second kappa shape index (κ2) is 11.1. The number of carbonyl (C=O) groups excluding carboxylic acids is 1. The molecular formula is C23H30N2O4. The maximum Gasteiger partial charge on any atom is 0.291 e. The number of aliphatic imine (C=N–C) groups is 1. The number of amidine groups is 1. The topological polar surface area (TPSA) is 69.2 Å². The van der Waals surface area contributed by atoms with Crippen molar-refractivity contribution in [1.29, 1.82) is 0 Å². The third-order valence-corrected chi connectivity index (χ3v) is 4.19. The lowest BCUT2D eigenvalue weighted by atomic mass is 10.1. The lowest BCUT2D eigenvalue weighted by Gasteiger charge is -2.13. The highest BCUT2D eigenvalue weighted by atomic mass is 16.5. The zero-order valence-electron chi connectivity index (χ0n) is 17.8. The zero-order chi connectivity index (χ0) is 21.2. The molecule has 2 aromatic rings. The Morgan fingerprint density at radius 1 is 1.03 bits per heavy atom. The van der Waals surface area contributed by atoms with E-state index in [9.17, 15) is 4.79 Å². The monoisotopic (exact) mass is 398 g/mol. The van der Waals surface area contributed by atoms with Crippen LogP contribution >= 0.6 is 0 Å². The SMILES string of the molecule is COc1ccc(CCN=C(NC(=O)c2ccc(C)cc2)OCC(C)C)cc1OC. The van der Waals surface area contributed by atoms with Crippen molar-refractivity contribution >= 4 is 11.9 Å². The molecule has 0 bridgehead atoms. The third kappa shape index (κ3) is 7.14. The minimum absolute atomic E-state index is 0.237. The molecule has 0 aliphatic rings. The number of benzene rings is 2. The Bertz CT molecular complexity index is 829. The molecule has 0 saturated carbocycles. The zero-order valence-corrected chi connectivity index (χ0v) is 17.8. The van der Waals surface area contributed by atoms with Gasteiger partial charge < -0.3 is 14.2 Å². The first-order valence-electron chi connectivity index (χ1n) is 9.69. The normalized spacial score (nSPS) is 11.3. The molecule has 1 amide bonds. The number of amides is 1. The Morgan fingerprint density at radius 3 is 2.34 bits per heavy atom. The second-order valence-corrected chi connectivity index (χ2v) is 7.15. The van der Waals surface area contributed by atoms with Crippen LogP contribution in [0, 0.1) is 12.8 Å². The number of hydrogen-bond donors (Lipinski definition) is 1. The van der Waals surface area contributed by atoms with E-state index in [0.29, 0.717) is 42.6 Å². The first kappa shape index (κ1) is 22.3. The summed E-state index contributed by atoms with van der Waals surface area (Å²) in [4.78, 5) is 17.0. The van der Waals surface area contributed by atoms with Gasteiger partial charge in [0.2, 0.25) is 0 Å². The van der Waals surface area contributed by atoms with Gasteiger partial charge in [-0.05, 0) is 49.1 Å². The van der Waals surface area contributed by atoms with Crippen LogP contribution < -0.4 is 14.8 Å². The predicted molar refractivity (Wildman–Crippen MR) is 115 cm³/mol. The van der Waals surface area contributed by atoms with E-state index in [0.717, 1.165) is 11.1 Å². The molecular weight excluding hydrogens is 368 g/mol. The Labute approximate surface area is 172 Å². The molecule has 0 heterocycles. The van der Waals surface area contributed by atoms with Crippen LogP contribution in [0.1, 0.15) is 35.3 Å². The number of nitrogens with zero attached hydrogens (tertiary/aromatic N) is 1. The Hall–Kier alpha value is -3.02. The first-order chi connectivity index (χ1) is 13.9. The highest BCUT2D eigenvalue weighted by Crippen LogP contribution is 2.27. The molecule has 0 atom stereocenters. The van der Waals surface area contributed by atoms with E-state index in [1.54, 1.807) is 26.4 Å². The summed E-state index contributed by atoms with van der Waals surface area (Å²) in [6.45, 7) is 7.01. The van der Waals surface area contributed by atoms with Gasteiger partial charge in [-0.1, -0.05) is 37.6 Å². The molecule has 6 nitrogen and oxygen atoms in total. The summed E-state index contributed by atoms with van der Waals surface area (Å²) in [5.41, 5.74) is 2.72. The number of nitrogens with one attached hydrogen (secondary N) is 1. The van der Waals surface area contributed by atoms with Gasteiger partial charge in [-0.15, -0.1) is 0 Å². The van der Waals surface area contributed by atoms with E-state index in [2.05, 4.69) is 10.3 Å². The van der Waals surface area contributed by atoms with Gasteiger partial charge in [0.1, 0.15) is 0 Å². The smallest absolute Gasteiger partial charge is 0.291 e. The maximum atomic E-state index is 12.5. The fraction of sp³-hybridized carbons (Fsp3) is 0.391. The lowest BCUT2D eigenvalue weighted by Crippen LogP contribution is -2.33. The average molecular weight is 399 g/mol. The highest BCUT2D eigenvalue weighted by Gasteiger charge is 2.11. The molecule has 1 N–H and O–H groups in total. The number of ether oxygens (including phenoxy) is 3. The van der Waals surface area contributed by atoms with Crippen LogP contribution in [0.15, 0.2) is 47.5 Å². The number of methoxy groups -OCH3 is 2. The van der Waals surface area contributed by atoms with Crippen molar-refractivity contribution in [1.82, 2.24) is 5.32 Å². The number of carbonyl (C=O) groups is 1. The van der Waals surface area contributed by atoms with Gasteiger partial charge in [0, 0.05) is 12.1 Å². The molecule has 2 rings (SSSR count). The minimum atomic E-state index is -0.237. The van der Waals surface area contributed by atoms with Gasteiger partial charge in [-0.25, -0.2) is 4.99 Å². The maximum absolute atomic E-state index is 12.5. The summed E-state index contributed by atoms with van der Waals surface area (Å²) in [6, 6.07) is 13.4. The molecule has 6 heteroatoms. The molecule has 0 aliphatic carbocycles. The molecule has 2 aromatic carbocycles. The summed E-state index contributed by atoms with van der Waals surface area (Å²) in [5, 5.41) is 2.78. The number of hydrogen-bond acceptors (Lipinski definition) is 5. The van der Waals surface area contributed by atoms with Crippen LogP contribution in [0.25, 0.3) is 0 Å². The van der Waals surface area contributed by atoms with E-state index in [1.165, 1.54) is 0 Å².